The maximum Gasteiger partial charge on any atom is 0.252 e. The van der Waals surface area contributed by atoms with Crippen LogP contribution in [0.3, 0.4) is 0 Å². The summed E-state index contributed by atoms with van der Waals surface area (Å²) in [4.78, 5) is 14.8. The van der Waals surface area contributed by atoms with Crippen molar-refractivity contribution in [2.45, 2.75) is 64.0 Å². The summed E-state index contributed by atoms with van der Waals surface area (Å²) in [6.45, 7) is 10.2. The predicted molar refractivity (Wildman–Crippen MR) is 103 cm³/mol. The normalized spacial score (nSPS) is 24.2. The summed E-state index contributed by atoms with van der Waals surface area (Å²) in [6.07, 6.45) is 0.283. The van der Waals surface area contributed by atoms with E-state index in [-0.39, 0.29) is 22.7 Å². The molecule has 25 heavy (non-hydrogen) atoms. The van der Waals surface area contributed by atoms with Crippen molar-refractivity contribution in [3.05, 3.63) is 34.9 Å². The van der Waals surface area contributed by atoms with E-state index in [2.05, 4.69) is 0 Å². The Morgan fingerprint density at radius 2 is 1.92 bits per heavy atom. The zero-order chi connectivity index (χ0) is 18.8. The minimum absolute atomic E-state index is 0.0380. The van der Waals surface area contributed by atoms with Gasteiger partial charge in [0.1, 0.15) is 6.10 Å². The molecular weight excluding hydrogens is 358 g/mol. The van der Waals surface area contributed by atoms with Crippen molar-refractivity contribution < 1.29 is 13.7 Å². The fourth-order valence-corrected chi connectivity index (χ4v) is 4.32. The predicted octanol–water partition coefficient (Wildman–Crippen LogP) is 3.95. The Bertz CT molecular complexity index is 627. The van der Waals surface area contributed by atoms with E-state index < -0.39 is 16.9 Å². The number of benzene rings is 1. The highest BCUT2D eigenvalue weighted by atomic mass is 35.5. The molecule has 0 saturated carbocycles. The molecule has 0 aromatic heterocycles. The molecule has 1 aromatic rings. The van der Waals surface area contributed by atoms with Crippen LogP contribution in [-0.4, -0.2) is 44.3 Å². The van der Waals surface area contributed by atoms with Gasteiger partial charge in [-0.3, -0.25) is 9.00 Å². The zero-order valence-corrected chi connectivity index (χ0v) is 17.2. The van der Waals surface area contributed by atoms with Crippen LogP contribution in [0.2, 0.25) is 5.02 Å². The molecule has 4 nitrogen and oxygen atoms in total. The van der Waals surface area contributed by atoms with E-state index in [1.807, 2.05) is 56.9 Å². The summed E-state index contributed by atoms with van der Waals surface area (Å²) >= 11 is 6.00. The minimum atomic E-state index is -1.03. The van der Waals surface area contributed by atoms with Gasteiger partial charge in [0.05, 0.1) is 12.6 Å². The number of amides is 1. The Hall–Kier alpha value is -0.910. The van der Waals surface area contributed by atoms with Gasteiger partial charge in [0.2, 0.25) is 0 Å². The number of rotatable bonds is 5. The smallest absolute Gasteiger partial charge is 0.252 e. The first-order chi connectivity index (χ1) is 11.6. The summed E-state index contributed by atoms with van der Waals surface area (Å²) < 4.78 is 18.1. The molecule has 1 amide bonds. The summed E-state index contributed by atoms with van der Waals surface area (Å²) in [5.74, 6) is 0.437. The first-order valence-electron chi connectivity index (χ1n) is 8.72. The average molecular weight is 386 g/mol. The standard InChI is InChI=1S/C19H28ClNO3S/c1-6-16(12-25(23)19(3,4)5)21-17(11-24-13(2)18(21)22)14-7-9-15(20)10-8-14/h7-10,13,16-17H,6,11-12H2,1-5H3/t13?,16-,17-,25?/m0/s1. The van der Waals surface area contributed by atoms with Crippen LogP contribution in [0.25, 0.3) is 0 Å². The van der Waals surface area contributed by atoms with Crippen LogP contribution in [0, 0.1) is 0 Å². The molecule has 140 valence electrons. The van der Waals surface area contributed by atoms with Crippen molar-refractivity contribution in [1.29, 1.82) is 0 Å². The summed E-state index contributed by atoms with van der Waals surface area (Å²) in [7, 11) is -1.03. The minimum Gasteiger partial charge on any atom is -0.366 e. The van der Waals surface area contributed by atoms with Crippen molar-refractivity contribution in [2.75, 3.05) is 12.4 Å². The molecule has 0 aliphatic carbocycles. The number of hydrogen-bond acceptors (Lipinski definition) is 3. The number of morpholine rings is 1. The lowest BCUT2D eigenvalue weighted by atomic mass is 10.0. The SMILES string of the molecule is CC[C@@H](CS(=O)C(C)(C)C)N1C(=O)C(C)OC[C@H]1c1ccc(Cl)cc1. The summed E-state index contributed by atoms with van der Waals surface area (Å²) in [5.41, 5.74) is 0.990. The molecular formula is C19H28ClNO3S. The van der Waals surface area contributed by atoms with Gasteiger partial charge in [0, 0.05) is 32.4 Å². The van der Waals surface area contributed by atoms with Crippen molar-refractivity contribution >= 4 is 28.3 Å². The molecule has 1 aliphatic rings. The Morgan fingerprint density at radius 1 is 1.32 bits per heavy atom. The molecule has 2 rings (SSSR count). The van der Waals surface area contributed by atoms with Gasteiger partial charge in [-0.25, -0.2) is 0 Å². The second-order valence-electron chi connectivity index (χ2n) is 7.48. The van der Waals surface area contributed by atoms with E-state index in [1.165, 1.54) is 0 Å². The van der Waals surface area contributed by atoms with Gasteiger partial charge < -0.3 is 9.64 Å². The monoisotopic (exact) mass is 385 g/mol. The fraction of sp³-hybridized carbons (Fsp3) is 0.632. The maximum absolute atomic E-state index is 12.9. The highest BCUT2D eigenvalue weighted by Crippen LogP contribution is 2.31. The van der Waals surface area contributed by atoms with Crippen molar-refractivity contribution in [2.24, 2.45) is 0 Å². The van der Waals surface area contributed by atoms with Crippen LogP contribution >= 0.6 is 11.6 Å². The van der Waals surface area contributed by atoms with Gasteiger partial charge in [0.15, 0.2) is 0 Å². The van der Waals surface area contributed by atoms with Crippen LogP contribution in [-0.2, 0) is 20.3 Å². The van der Waals surface area contributed by atoms with Gasteiger partial charge in [-0.15, -0.1) is 0 Å². The van der Waals surface area contributed by atoms with E-state index in [9.17, 15) is 9.00 Å². The summed E-state index contributed by atoms with van der Waals surface area (Å²) in [5, 5.41) is 0.660. The average Bonchev–Trinajstić information content (AvgIpc) is 2.55. The number of hydrogen-bond donors (Lipinski definition) is 0. The number of ether oxygens (including phenoxy) is 1. The van der Waals surface area contributed by atoms with Gasteiger partial charge in [-0.1, -0.05) is 30.7 Å². The largest absolute Gasteiger partial charge is 0.366 e. The number of carbonyl (C=O) groups excluding carboxylic acids is 1. The van der Waals surface area contributed by atoms with E-state index >= 15 is 0 Å². The molecule has 0 bridgehead atoms. The van der Waals surface area contributed by atoms with E-state index in [1.54, 1.807) is 6.92 Å². The number of nitrogens with zero attached hydrogens (tertiary/aromatic N) is 1. The lowest BCUT2D eigenvalue weighted by Gasteiger charge is -2.43. The van der Waals surface area contributed by atoms with Gasteiger partial charge in [-0.2, -0.15) is 0 Å². The summed E-state index contributed by atoms with van der Waals surface area (Å²) in [6, 6.07) is 7.25. The molecule has 0 radical (unpaired) electrons. The van der Waals surface area contributed by atoms with Crippen LogP contribution in [0.4, 0.5) is 0 Å². The maximum atomic E-state index is 12.9. The molecule has 2 unspecified atom stereocenters. The molecule has 1 aliphatic heterocycles. The first kappa shape index (κ1) is 20.4. The van der Waals surface area contributed by atoms with Gasteiger partial charge >= 0.3 is 0 Å². The van der Waals surface area contributed by atoms with Crippen molar-refractivity contribution in [1.82, 2.24) is 4.90 Å². The number of halogens is 1. The molecule has 6 heteroatoms. The van der Waals surface area contributed by atoms with E-state index in [4.69, 9.17) is 16.3 Å². The fourth-order valence-electron chi connectivity index (χ4n) is 2.95. The van der Waals surface area contributed by atoms with Crippen LogP contribution in [0.5, 0.6) is 0 Å². The Balaban J connectivity index is 2.33. The Morgan fingerprint density at radius 3 is 2.44 bits per heavy atom. The molecule has 1 heterocycles. The Labute approximate surface area is 158 Å². The molecule has 4 atom stereocenters. The van der Waals surface area contributed by atoms with Crippen LogP contribution in [0.1, 0.15) is 52.6 Å². The molecule has 1 saturated heterocycles. The van der Waals surface area contributed by atoms with Gasteiger partial charge in [0.25, 0.3) is 5.91 Å². The van der Waals surface area contributed by atoms with E-state index in [0.717, 1.165) is 12.0 Å². The number of carbonyl (C=O) groups is 1. The highest BCUT2D eigenvalue weighted by Gasteiger charge is 2.39. The Kier molecular flexibility index (Phi) is 6.68. The molecule has 0 N–H and O–H groups in total. The van der Waals surface area contributed by atoms with Crippen LogP contribution in [0.15, 0.2) is 24.3 Å². The third-order valence-electron chi connectivity index (χ3n) is 4.59. The van der Waals surface area contributed by atoms with E-state index in [0.29, 0.717) is 17.4 Å². The lowest BCUT2D eigenvalue weighted by Crippen LogP contribution is -2.54. The van der Waals surface area contributed by atoms with Crippen molar-refractivity contribution in [3.8, 4) is 0 Å². The topological polar surface area (TPSA) is 46.6 Å². The second-order valence-corrected chi connectivity index (χ2v) is 10.2. The quantitative estimate of drug-likeness (QED) is 0.770. The van der Waals surface area contributed by atoms with Gasteiger partial charge in [-0.05, 0) is 51.8 Å². The zero-order valence-electron chi connectivity index (χ0n) is 15.6. The van der Waals surface area contributed by atoms with Crippen molar-refractivity contribution in [3.63, 3.8) is 0 Å². The van der Waals surface area contributed by atoms with Crippen LogP contribution < -0.4 is 0 Å². The molecule has 0 spiro atoms. The third kappa shape index (κ3) is 4.83. The highest BCUT2D eigenvalue weighted by molar-refractivity contribution is 7.86. The third-order valence-corrected chi connectivity index (χ3v) is 6.89. The molecule has 1 aromatic carbocycles. The second kappa shape index (κ2) is 8.19. The lowest BCUT2D eigenvalue weighted by molar-refractivity contribution is -0.161. The molecule has 1 fully saturated rings. The first-order valence-corrected chi connectivity index (χ1v) is 10.4.